The van der Waals surface area contributed by atoms with Crippen LogP contribution in [0.1, 0.15) is 22.9 Å². The second-order valence-electron chi connectivity index (χ2n) is 4.76. The van der Waals surface area contributed by atoms with Gasteiger partial charge in [-0.1, -0.05) is 65.8 Å². The number of aryl methyl sites for hydroxylation is 1. The van der Waals surface area contributed by atoms with Crippen LogP contribution in [-0.2, 0) is 0 Å². The highest BCUT2D eigenvalue weighted by atomic mass is 35.5. The van der Waals surface area contributed by atoms with Gasteiger partial charge in [0.15, 0.2) is 0 Å². The number of hydrogen-bond donors (Lipinski definition) is 1. The predicted octanol–water partition coefficient (Wildman–Crippen LogP) is 4.12. The zero-order valence-corrected chi connectivity index (χ0v) is 12.5. The van der Waals surface area contributed by atoms with Crippen molar-refractivity contribution in [3.63, 3.8) is 0 Å². The highest BCUT2D eigenvalue weighted by Gasteiger charge is 2.21. The van der Waals surface area contributed by atoms with E-state index >= 15 is 0 Å². The summed E-state index contributed by atoms with van der Waals surface area (Å²) in [5.74, 6) is 0.764. The fourth-order valence-corrected chi connectivity index (χ4v) is 2.38. The van der Waals surface area contributed by atoms with Crippen LogP contribution in [0.2, 0.25) is 0 Å². The molecule has 0 saturated carbocycles. The maximum Gasteiger partial charge on any atom is 0.139 e. The predicted molar refractivity (Wildman–Crippen MR) is 86.4 cm³/mol. The van der Waals surface area contributed by atoms with E-state index in [1.165, 1.54) is 0 Å². The first-order valence-corrected chi connectivity index (χ1v) is 6.59. The van der Waals surface area contributed by atoms with Gasteiger partial charge in [-0.25, -0.2) is 0 Å². The number of hydrogen-bond acceptors (Lipinski definition) is 3. The van der Waals surface area contributed by atoms with Gasteiger partial charge in [-0.3, -0.25) is 0 Å². The van der Waals surface area contributed by atoms with Crippen molar-refractivity contribution >= 4 is 12.4 Å². The highest BCUT2D eigenvalue weighted by Crippen LogP contribution is 2.32. The number of aromatic nitrogens is 1. The first kappa shape index (κ1) is 15.3. The number of nitrogens with two attached hydrogens (primary N) is 1. The van der Waals surface area contributed by atoms with Crippen LogP contribution in [0.4, 0.5) is 0 Å². The summed E-state index contributed by atoms with van der Waals surface area (Å²) in [7, 11) is 0. The molecule has 3 aromatic rings. The molecule has 0 fully saturated rings. The van der Waals surface area contributed by atoms with Crippen LogP contribution < -0.4 is 5.73 Å². The maximum absolute atomic E-state index is 6.40. The monoisotopic (exact) mass is 300 g/mol. The van der Waals surface area contributed by atoms with E-state index < -0.39 is 0 Å². The molecule has 0 saturated heterocycles. The van der Waals surface area contributed by atoms with Crippen molar-refractivity contribution in [3.05, 3.63) is 77.6 Å². The minimum atomic E-state index is -0.238. The quantitative estimate of drug-likeness (QED) is 0.791. The largest absolute Gasteiger partial charge is 0.361 e. The highest BCUT2D eigenvalue weighted by molar-refractivity contribution is 5.85. The molecule has 1 aromatic heterocycles. The minimum Gasteiger partial charge on any atom is -0.361 e. The third-order valence-electron chi connectivity index (χ3n) is 3.43. The van der Waals surface area contributed by atoms with Crippen molar-refractivity contribution in [2.45, 2.75) is 13.0 Å². The molecule has 1 unspecified atom stereocenters. The molecule has 2 aromatic carbocycles. The lowest BCUT2D eigenvalue weighted by molar-refractivity contribution is 0.397. The van der Waals surface area contributed by atoms with E-state index in [1.54, 1.807) is 0 Å². The van der Waals surface area contributed by atoms with Crippen molar-refractivity contribution in [2.24, 2.45) is 5.73 Å². The van der Waals surface area contributed by atoms with Crippen molar-refractivity contribution in [3.8, 4) is 11.3 Å². The van der Waals surface area contributed by atoms with Crippen LogP contribution in [-0.4, -0.2) is 5.16 Å². The summed E-state index contributed by atoms with van der Waals surface area (Å²) < 4.78 is 5.36. The molecule has 3 nitrogen and oxygen atoms in total. The molecule has 0 amide bonds. The summed E-state index contributed by atoms with van der Waals surface area (Å²) >= 11 is 0. The van der Waals surface area contributed by atoms with Crippen LogP contribution >= 0.6 is 12.4 Å². The smallest absolute Gasteiger partial charge is 0.139 e. The molecule has 4 heteroatoms. The Morgan fingerprint density at radius 1 is 0.952 bits per heavy atom. The number of nitrogens with zero attached hydrogens (tertiary/aromatic N) is 1. The van der Waals surface area contributed by atoms with Crippen molar-refractivity contribution in [2.75, 3.05) is 0 Å². The van der Waals surface area contributed by atoms with Gasteiger partial charge in [0.2, 0.25) is 0 Å². The molecule has 0 aliphatic heterocycles. The van der Waals surface area contributed by atoms with Gasteiger partial charge in [-0.15, -0.1) is 12.4 Å². The average Bonchev–Trinajstić information content (AvgIpc) is 2.90. The summed E-state index contributed by atoms with van der Waals surface area (Å²) in [6.07, 6.45) is 0. The summed E-state index contributed by atoms with van der Waals surface area (Å²) in [6, 6.07) is 19.7. The lowest BCUT2D eigenvalue weighted by atomic mass is 9.95. The van der Waals surface area contributed by atoms with Crippen molar-refractivity contribution in [1.29, 1.82) is 0 Å². The topological polar surface area (TPSA) is 52.0 Å². The Balaban J connectivity index is 0.00000161. The third-order valence-corrected chi connectivity index (χ3v) is 3.43. The fraction of sp³-hybridized carbons (Fsp3) is 0.118. The van der Waals surface area contributed by atoms with E-state index in [9.17, 15) is 0 Å². The molecule has 0 radical (unpaired) electrons. The van der Waals surface area contributed by atoms with E-state index in [0.29, 0.717) is 0 Å². The Labute approximate surface area is 130 Å². The molecule has 0 spiro atoms. The van der Waals surface area contributed by atoms with Gasteiger partial charge >= 0.3 is 0 Å². The van der Waals surface area contributed by atoms with Gasteiger partial charge in [0.25, 0.3) is 0 Å². The molecule has 3 rings (SSSR count). The van der Waals surface area contributed by atoms with E-state index in [0.717, 1.165) is 28.1 Å². The van der Waals surface area contributed by atoms with Crippen molar-refractivity contribution < 1.29 is 4.52 Å². The van der Waals surface area contributed by atoms with Gasteiger partial charge in [0, 0.05) is 11.1 Å². The van der Waals surface area contributed by atoms with Crippen LogP contribution in [0.5, 0.6) is 0 Å². The Bertz CT molecular complexity index is 695. The van der Waals surface area contributed by atoms with Gasteiger partial charge in [-0.05, 0) is 12.5 Å². The molecule has 0 aliphatic rings. The van der Waals surface area contributed by atoms with Crippen LogP contribution in [0.25, 0.3) is 11.3 Å². The summed E-state index contributed by atoms with van der Waals surface area (Å²) in [5, 5.41) is 4.18. The fourth-order valence-electron chi connectivity index (χ4n) is 2.38. The Hall–Kier alpha value is -2.10. The zero-order chi connectivity index (χ0) is 13.9. The van der Waals surface area contributed by atoms with Gasteiger partial charge in [0.1, 0.15) is 11.5 Å². The number of benzene rings is 2. The van der Waals surface area contributed by atoms with Crippen LogP contribution in [0.3, 0.4) is 0 Å². The third kappa shape index (κ3) is 2.99. The molecule has 21 heavy (non-hydrogen) atoms. The number of halogens is 1. The minimum absolute atomic E-state index is 0. The molecular weight excluding hydrogens is 284 g/mol. The Morgan fingerprint density at radius 2 is 1.52 bits per heavy atom. The second kappa shape index (κ2) is 6.57. The van der Waals surface area contributed by atoms with E-state index in [1.807, 2.05) is 67.6 Å². The SMILES string of the molecule is Cc1onc(-c2ccccc2)c1C(N)c1ccccc1.Cl. The molecule has 1 atom stereocenters. The standard InChI is InChI=1S/C17H16N2O.ClH/c1-12-15(16(18)13-8-4-2-5-9-13)17(19-20-12)14-10-6-3-7-11-14;/h2-11,16H,18H2,1H3;1H. The molecular formula is C17H17ClN2O. The van der Waals surface area contributed by atoms with Crippen molar-refractivity contribution in [1.82, 2.24) is 5.16 Å². The van der Waals surface area contributed by atoms with E-state index in [4.69, 9.17) is 10.3 Å². The maximum atomic E-state index is 6.40. The average molecular weight is 301 g/mol. The first-order valence-electron chi connectivity index (χ1n) is 6.59. The van der Waals surface area contributed by atoms with Gasteiger partial charge in [-0.2, -0.15) is 0 Å². The lowest BCUT2D eigenvalue weighted by Gasteiger charge is -2.12. The molecule has 108 valence electrons. The first-order chi connectivity index (χ1) is 9.77. The van der Waals surface area contributed by atoms with E-state index in [-0.39, 0.29) is 18.4 Å². The molecule has 2 N–H and O–H groups in total. The summed E-state index contributed by atoms with van der Waals surface area (Å²) in [4.78, 5) is 0. The van der Waals surface area contributed by atoms with Gasteiger partial charge < -0.3 is 10.3 Å². The summed E-state index contributed by atoms with van der Waals surface area (Å²) in [6.45, 7) is 1.90. The Morgan fingerprint density at radius 3 is 2.14 bits per heavy atom. The molecule has 1 heterocycles. The zero-order valence-electron chi connectivity index (χ0n) is 11.7. The van der Waals surface area contributed by atoms with Crippen LogP contribution in [0.15, 0.2) is 65.2 Å². The lowest BCUT2D eigenvalue weighted by Crippen LogP contribution is -2.13. The van der Waals surface area contributed by atoms with E-state index in [2.05, 4.69) is 5.16 Å². The number of rotatable bonds is 3. The second-order valence-corrected chi connectivity index (χ2v) is 4.76. The van der Waals surface area contributed by atoms with Crippen LogP contribution in [0, 0.1) is 6.92 Å². The van der Waals surface area contributed by atoms with Gasteiger partial charge in [0.05, 0.1) is 6.04 Å². The Kier molecular flexibility index (Phi) is 4.78. The normalized spacial score (nSPS) is 11.7. The molecule has 0 bridgehead atoms. The summed E-state index contributed by atoms with van der Waals surface area (Å²) in [5.41, 5.74) is 10.2. The molecule has 0 aliphatic carbocycles.